The lowest BCUT2D eigenvalue weighted by molar-refractivity contribution is 0.979. The van der Waals surface area contributed by atoms with E-state index in [0.29, 0.717) is 0 Å². The molecule has 21 heavy (non-hydrogen) atoms. The van der Waals surface area contributed by atoms with E-state index < -0.39 is 0 Å². The maximum absolute atomic E-state index is 4.53. The van der Waals surface area contributed by atoms with Gasteiger partial charge in [-0.15, -0.1) is 6.58 Å². The molecular weight excluding hydrogens is 254 g/mol. The van der Waals surface area contributed by atoms with Gasteiger partial charge in [-0.05, 0) is 56.4 Å². The van der Waals surface area contributed by atoms with Crippen LogP contribution in [-0.2, 0) is 0 Å². The Morgan fingerprint density at radius 3 is 2.52 bits per heavy atom. The number of aliphatic imine (C=N–C) groups is 1. The number of allylic oxidation sites excluding steroid dienone is 5. The zero-order valence-corrected chi connectivity index (χ0v) is 13.4. The molecule has 0 aliphatic carbocycles. The second-order valence-corrected chi connectivity index (χ2v) is 5.43. The molecule has 110 valence electrons. The summed E-state index contributed by atoms with van der Waals surface area (Å²) in [4.78, 5) is 4.53. The van der Waals surface area contributed by atoms with Crippen LogP contribution in [0, 0.1) is 13.8 Å². The maximum atomic E-state index is 4.53. The SMILES string of the molecule is C=C/C(=C\CCC(=C)C)C(=C)C=Nc1ccc(C)cc1C. The molecule has 0 unspecified atom stereocenters. The van der Waals surface area contributed by atoms with Crippen LogP contribution >= 0.6 is 0 Å². The van der Waals surface area contributed by atoms with Crippen LogP contribution in [0.25, 0.3) is 0 Å². The first kappa shape index (κ1) is 16.9. The molecule has 1 rings (SSSR count). The number of aryl methyl sites for hydroxylation is 2. The molecule has 1 nitrogen and oxygen atoms in total. The average molecular weight is 279 g/mol. The second kappa shape index (κ2) is 8.21. The van der Waals surface area contributed by atoms with Crippen molar-refractivity contribution in [2.24, 2.45) is 4.99 Å². The third kappa shape index (κ3) is 5.78. The minimum Gasteiger partial charge on any atom is -0.256 e. The van der Waals surface area contributed by atoms with Crippen LogP contribution < -0.4 is 0 Å². The van der Waals surface area contributed by atoms with Crippen LogP contribution in [0.1, 0.15) is 30.9 Å². The lowest BCUT2D eigenvalue weighted by Crippen LogP contribution is -1.88. The highest BCUT2D eigenvalue weighted by atomic mass is 14.7. The molecule has 1 heteroatoms. The van der Waals surface area contributed by atoms with E-state index >= 15 is 0 Å². The molecule has 1 aromatic carbocycles. The van der Waals surface area contributed by atoms with Crippen molar-refractivity contribution in [3.63, 3.8) is 0 Å². The van der Waals surface area contributed by atoms with Gasteiger partial charge in [0.2, 0.25) is 0 Å². The highest BCUT2D eigenvalue weighted by Crippen LogP contribution is 2.20. The van der Waals surface area contributed by atoms with Crippen molar-refractivity contribution in [1.82, 2.24) is 0 Å². The van der Waals surface area contributed by atoms with Crippen molar-refractivity contribution in [2.45, 2.75) is 33.6 Å². The van der Waals surface area contributed by atoms with Crippen molar-refractivity contribution in [1.29, 1.82) is 0 Å². The number of hydrogen-bond acceptors (Lipinski definition) is 1. The lowest BCUT2D eigenvalue weighted by atomic mass is 10.1. The third-order valence-corrected chi connectivity index (χ3v) is 3.24. The first-order valence-electron chi connectivity index (χ1n) is 7.21. The standard InChI is InChI=1S/C20H25N/c1-7-19(10-8-9-15(2)3)18(6)14-21-20-12-11-16(4)13-17(20)5/h7,10-14H,1-2,6,8-9H2,3-5H3/b19-10+,21-14?. The van der Waals surface area contributed by atoms with E-state index in [0.717, 1.165) is 29.7 Å². The highest BCUT2D eigenvalue weighted by molar-refractivity contribution is 5.87. The zero-order chi connectivity index (χ0) is 15.8. The average Bonchev–Trinajstić information content (AvgIpc) is 2.42. The lowest BCUT2D eigenvalue weighted by Gasteiger charge is -2.04. The summed E-state index contributed by atoms with van der Waals surface area (Å²) in [7, 11) is 0. The second-order valence-electron chi connectivity index (χ2n) is 5.43. The summed E-state index contributed by atoms with van der Waals surface area (Å²) >= 11 is 0. The van der Waals surface area contributed by atoms with Crippen molar-refractivity contribution in [3.05, 3.63) is 77.9 Å². The van der Waals surface area contributed by atoms with Gasteiger partial charge >= 0.3 is 0 Å². The Morgan fingerprint density at radius 1 is 1.24 bits per heavy atom. The number of hydrogen-bond donors (Lipinski definition) is 0. The molecule has 1 aromatic rings. The first-order chi connectivity index (χ1) is 9.93. The topological polar surface area (TPSA) is 12.4 Å². The van der Waals surface area contributed by atoms with E-state index in [4.69, 9.17) is 0 Å². The molecule has 0 N–H and O–H groups in total. The van der Waals surface area contributed by atoms with E-state index in [-0.39, 0.29) is 0 Å². The van der Waals surface area contributed by atoms with Gasteiger partial charge in [0.1, 0.15) is 0 Å². The smallest absolute Gasteiger partial charge is 0.0659 e. The predicted molar refractivity (Wildman–Crippen MR) is 95.5 cm³/mol. The largest absolute Gasteiger partial charge is 0.256 e. The Labute approximate surface area is 129 Å². The summed E-state index contributed by atoms with van der Waals surface area (Å²) in [5, 5.41) is 0. The van der Waals surface area contributed by atoms with E-state index in [2.05, 4.69) is 56.8 Å². The number of nitrogens with zero attached hydrogens (tertiary/aromatic N) is 1. The van der Waals surface area contributed by atoms with E-state index in [1.165, 1.54) is 16.7 Å². The van der Waals surface area contributed by atoms with Gasteiger partial charge in [0, 0.05) is 6.21 Å². The molecule has 0 fully saturated rings. The monoisotopic (exact) mass is 279 g/mol. The maximum Gasteiger partial charge on any atom is 0.0659 e. The van der Waals surface area contributed by atoms with Crippen LogP contribution in [0.3, 0.4) is 0 Å². The molecule has 0 saturated heterocycles. The van der Waals surface area contributed by atoms with Gasteiger partial charge in [-0.1, -0.05) is 48.6 Å². The molecule has 0 amide bonds. The van der Waals surface area contributed by atoms with Crippen molar-refractivity contribution in [2.75, 3.05) is 0 Å². The van der Waals surface area contributed by atoms with Crippen molar-refractivity contribution in [3.8, 4) is 0 Å². The van der Waals surface area contributed by atoms with Crippen LogP contribution in [0.5, 0.6) is 0 Å². The molecule has 0 saturated carbocycles. The molecule has 0 atom stereocenters. The summed E-state index contributed by atoms with van der Waals surface area (Å²) in [6.07, 6.45) is 7.71. The Kier molecular flexibility index (Phi) is 6.61. The Bertz CT molecular complexity index is 600. The molecule has 0 heterocycles. The van der Waals surface area contributed by atoms with Crippen LogP contribution in [0.15, 0.2) is 71.8 Å². The Morgan fingerprint density at radius 2 is 1.95 bits per heavy atom. The van der Waals surface area contributed by atoms with Crippen LogP contribution in [0.4, 0.5) is 5.69 Å². The summed E-state index contributed by atoms with van der Waals surface area (Å²) in [5.41, 5.74) is 6.50. The first-order valence-corrected chi connectivity index (χ1v) is 7.21. The van der Waals surface area contributed by atoms with Gasteiger partial charge in [-0.3, -0.25) is 4.99 Å². The number of benzene rings is 1. The van der Waals surface area contributed by atoms with Crippen molar-refractivity contribution >= 4 is 11.9 Å². The molecule has 0 aliphatic heterocycles. The molecule has 0 aromatic heterocycles. The quantitative estimate of drug-likeness (QED) is 0.328. The van der Waals surface area contributed by atoms with Gasteiger partial charge in [0.05, 0.1) is 5.69 Å². The van der Waals surface area contributed by atoms with Gasteiger partial charge < -0.3 is 0 Å². The molecular formula is C20H25N. The normalized spacial score (nSPS) is 11.7. The minimum atomic E-state index is 0.881. The summed E-state index contributed by atoms with van der Waals surface area (Å²) in [6.45, 7) is 18.0. The van der Waals surface area contributed by atoms with Gasteiger partial charge in [0.25, 0.3) is 0 Å². The Balaban J connectivity index is 2.79. The summed E-state index contributed by atoms with van der Waals surface area (Å²) in [6, 6.07) is 6.24. The fourth-order valence-corrected chi connectivity index (χ4v) is 1.99. The summed E-state index contributed by atoms with van der Waals surface area (Å²) < 4.78 is 0. The van der Waals surface area contributed by atoms with E-state index in [9.17, 15) is 0 Å². The third-order valence-electron chi connectivity index (χ3n) is 3.24. The van der Waals surface area contributed by atoms with Gasteiger partial charge in [0.15, 0.2) is 0 Å². The fourth-order valence-electron chi connectivity index (χ4n) is 1.99. The van der Waals surface area contributed by atoms with Gasteiger partial charge in [-0.2, -0.15) is 0 Å². The molecule has 0 aliphatic rings. The van der Waals surface area contributed by atoms with Crippen LogP contribution in [0.2, 0.25) is 0 Å². The van der Waals surface area contributed by atoms with Crippen LogP contribution in [-0.4, -0.2) is 6.21 Å². The van der Waals surface area contributed by atoms with E-state index in [1.54, 1.807) is 0 Å². The van der Waals surface area contributed by atoms with Crippen molar-refractivity contribution < 1.29 is 0 Å². The fraction of sp³-hybridized carbons (Fsp3) is 0.250. The number of rotatable bonds is 7. The molecule has 0 spiro atoms. The summed E-state index contributed by atoms with van der Waals surface area (Å²) in [5.74, 6) is 0. The Hall–Kier alpha value is -2.15. The van der Waals surface area contributed by atoms with E-state index in [1.807, 2.05) is 25.3 Å². The molecule has 0 bridgehead atoms. The van der Waals surface area contributed by atoms with Gasteiger partial charge in [-0.25, -0.2) is 0 Å². The molecule has 0 radical (unpaired) electrons. The highest BCUT2D eigenvalue weighted by Gasteiger charge is 1.98. The predicted octanol–water partition coefficient (Wildman–Crippen LogP) is 6.03. The minimum absolute atomic E-state index is 0.881. The zero-order valence-electron chi connectivity index (χ0n) is 13.4.